The summed E-state index contributed by atoms with van der Waals surface area (Å²) in [5.74, 6) is 0. The van der Waals surface area contributed by atoms with Gasteiger partial charge in [0.15, 0.2) is 0 Å². The van der Waals surface area contributed by atoms with Crippen LogP contribution in [0.4, 0.5) is 4.79 Å². The molecule has 1 aliphatic rings. The summed E-state index contributed by atoms with van der Waals surface area (Å²) in [6.07, 6.45) is 8.79. The first-order chi connectivity index (χ1) is 10.6. The van der Waals surface area contributed by atoms with Crippen molar-refractivity contribution >= 4 is 28.7 Å². The van der Waals surface area contributed by atoms with E-state index in [1.165, 1.54) is 12.0 Å². The van der Waals surface area contributed by atoms with Crippen LogP contribution in [0.1, 0.15) is 46.0 Å². The van der Waals surface area contributed by atoms with Crippen LogP contribution in [0, 0.1) is 0 Å². The van der Waals surface area contributed by atoms with Crippen molar-refractivity contribution in [1.82, 2.24) is 5.32 Å². The van der Waals surface area contributed by atoms with Gasteiger partial charge in [-0.1, -0.05) is 46.7 Å². The molecule has 4 nitrogen and oxygen atoms in total. The minimum absolute atomic E-state index is 0.207. The van der Waals surface area contributed by atoms with Gasteiger partial charge in [0, 0.05) is 13.7 Å². The lowest BCUT2D eigenvalue weighted by atomic mass is 9.93. The number of rotatable bonds is 9. The molecule has 0 fully saturated rings. The molecular weight excluding hydrogens is 393 g/mol. The molecule has 1 amide bonds. The Morgan fingerprint density at radius 2 is 2.18 bits per heavy atom. The van der Waals surface area contributed by atoms with Gasteiger partial charge in [0.1, 0.15) is 12.2 Å². The first-order valence-electron chi connectivity index (χ1n) is 7.99. The van der Waals surface area contributed by atoms with Gasteiger partial charge in [-0.3, -0.25) is 0 Å². The van der Waals surface area contributed by atoms with Gasteiger partial charge in [-0.05, 0) is 49.5 Å². The molecule has 0 heterocycles. The van der Waals surface area contributed by atoms with E-state index < -0.39 is 0 Å². The number of hydrogen-bond donors (Lipinski definition) is 1. The smallest absolute Gasteiger partial charge is 0.407 e. The fourth-order valence-corrected chi connectivity index (χ4v) is 3.10. The average molecular weight is 421 g/mol. The summed E-state index contributed by atoms with van der Waals surface area (Å²) in [5, 5.41) is 2.81. The molecule has 1 rings (SSSR count). The standard InChI is InChI=1S/C17H28INO3/c1-13-9-5-6-10-15(13)16(21-3)14(2)22-17(20)19-12-8-4-7-11-18/h6,10,14,16H,4-5,7-9,11-12H2,1-3H3,(H,19,20)/t14-,16+/m0/s1. The van der Waals surface area contributed by atoms with Crippen LogP contribution in [0.25, 0.3) is 0 Å². The van der Waals surface area contributed by atoms with Gasteiger partial charge in [-0.25, -0.2) is 4.79 Å². The molecular formula is C17H28INO3. The van der Waals surface area contributed by atoms with E-state index in [1.54, 1.807) is 7.11 Å². The van der Waals surface area contributed by atoms with E-state index in [1.807, 2.05) is 6.92 Å². The second kappa shape index (κ2) is 11.0. The molecule has 0 saturated carbocycles. The Labute approximate surface area is 147 Å². The molecule has 0 spiro atoms. The van der Waals surface area contributed by atoms with Crippen LogP contribution in [-0.2, 0) is 9.47 Å². The Hall–Kier alpha value is -0.560. The summed E-state index contributed by atoms with van der Waals surface area (Å²) in [6, 6.07) is 0. The zero-order chi connectivity index (χ0) is 16.4. The second-order valence-corrected chi connectivity index (χ2v) is 6.70. The monoisotopic (exact) mass is 421 g/mol. The van der Waals surface area contributed by atoms with Crippen molar-refractivity contribution in [3.8, 4) is 0 Å². The SMILES string of the molecule is CO[C@@H](C1=C(C)CCC=C1)[C@H](C)OC(=O)NCCCCCI. The number of ether oxygens (including phenoxy) is 2. The molecule has 22 heavy (non-hydrogen) atoms. The number of halogens is 1. The molecule has 126 valence electrons. The summed E-state index contributed by atoms with van der Waals surface area (Å²) >= 11 is 2.37. The number of amides is 1. The highest BCUT2D eigenvalue weighted by Gasteiger charge is 2.25. The highest BCUT2D eigenvalue weighted by Crippen LogP contribution is 2.25. The molecule has 1 N–H and O–H groups in total. The molecule has 0 bridgehead atoms. The lowest BCUT2D eigenvalue weighted by Gasteiger charge is -2.27. The van der Waals surface area contributed by atoms with E-state index in [2.05, 4.69) is 47.0 Å². The zero-order valence-electron chi connectivity index (χ0n) is 13.9. The third-order valence-electron chi connectivity index (χ3n) is 3.84. The Balaban J connectivity index is 2.43. The van der Waals surface area contributed by atoms with Crippen molar-refractivity contribution in [1.29, 1.82) is 0 Å². The van der Waals surface area contributed by atoms with E-state index >= 15 is 0 Å². The van der Waals surface area contributed by atoms with Gasteiger partial charge in [-0.15, -0.1) is 0 Å². The number of methoxy groups -OCH3 is 1. The number of hydrogen-bond acceptors (Lipinski definition) is 3. The van der Waals surface area contributed by atoms with Crippen molar-refractivity contribution in [3.63, 3.8) is 0 Å². The van der Waals surface area contributed by atoms with Crippen molar-refractivity contribution in [2.75, 3.05) is 18.1 Å². The van der Waals surface area contributed by atoms with Gasteiger partial charge in [0.05, 0.1) is 0 Å². The third kappa shape index (κ3) is 6.69. The number of nitrogens with one attached hydrogen (secondary N) is 1. The molecule has 0 aromatic rings. The number of carbonyl (C=O) groups excluding carboxylic acids is 1. The van der Waals surface area contributed by atoms with Crippen LogP contribution < -0.4 is 5.32 Å². The summed E-state index contributed by atoms with van der Waals surface area (Å²) < 4.78 is 12.2. The van der Waals surface area contributed by atoms with Crippen molar-refractivity contribution < 1.29 is 14.3 Å². The maximum absolute atomic E-state index is 11.8. The molecule has 0 unspecified atom stereocenters. The highest BCUT2D eigenvalue weighted by molar-refractivity contribution is 14.1. The third-order valence-corrected chi connectivity index (χ3v) is 4.60. The molecule has 0 aromatic heterocycles. The van der Waals surface area contributed by atoms with Crippen molar-refractivity contribution in [3.05, 3.63) is 23.3 Å². The van der Waals surface area contributed by atoms with Gasteiger partial charge >= 0.3 is 6.09 Å². The number of allylic oxidation sites excluding steroid dienone is 2. The predicted molar refractivity (Wildman–Crippen MR) is 98.6 cm³/mol. The van der Waals surface area contributed by atoms with Crippen LogP contribution in [0.2, 0.25) is 0 Å². The normalized spacial score (nSPS) is 17.3. The summed E-state index contributed by atoms with van der Waals surface area (Å²) in [5.41, 5.74) is 2.44. The summed E-state index contributed by atoms with van der Waals surface area (Å²) in [4.78, 5) is 11.8. The van der Waals surface area contributed by atoms with E-state index in [0.29, 0.717) is 6.54 Å². The lowest BCUT2D eigenvalue weighted by Crippen LogP contribution is -2.36. The predicted octanol–water partition coefficient (Wildman–Crippen LogP) is 4.39. The zero-order valence-corrected chi connectivity index (χ0v) is 16.0. The highest BCUT2D eigenvalue weighted by atomic mass is 127. The van der Waals surface area contributed by atoms with E-state index in [9.17, 15) is 4.79 Å². The maximum atomic E-state index is 11.8. The van der Waals surface area contributed by atoms with Crippen LogP contribution >= 0.6 is 22.6 Å². The molecule has 1 aliphatic carbocycles. The number of alkyl carbamates (subject to hydrolysis) is 1. The van der Waals surface area contributed by atoms with E-state index in [0.717, 1.165) is 35.7 Å². The maximum Gasteiger partial charge on any atom is 0.407 e. The fourth-order valence-electron chi connectivity index (χ4n) is 2.56. The average Bonchev–Trinajstić information content (AvgIpc) is 2.49. The summed E-state index contributed by atoms with van der Waals surface area (Å²) in [6.45, 7) is 4.67. The quantitative estimate of drug-likeness (QED) is 0.341. The molecule has 0 aromatic carbocycles. The Morgan fingerprint density at radius 1 is 1.41 bits per heavy atom. The second-order valence-electron chi connectivity index (χ2n) is 5.62. The topological polar surface area (TPSA) is 47.6 Å². The van der Waals surface area contributed by atoms with Gasteiger partial charge < -0.3 is 14.8 Å². The Morgan fingerprint density at radius 3 is 2.82 bits per heavy atom. The number of alkyl halides is 1. The minimum Gasteiger partial charge on any atom is -0.443 e. The first-order valence-corrected chi connectivity index (χ1v) is 9.52. The Bertz CT molecular complexity index is 407. The fraction of sp³-hybridized carbons (Fsp3) is 0.706. The molecule has 5 heteroatoms. The minimum atomic E-state index is -0.359. The molecule has 0 saturated heterocycles. The number of unbranched alkanes of at least 4 members (excludes halogenated alkanes) is 2. The summed E-state index contributed by atoms with van der Waals surface area (Å²) in [7, 11) is 1.66. The van der Waals surface area contributed by atoms with Crippen LogP contribution in [0.3, 0.4) is 0 Å². The Kier molecular flexibility index (Phi) is 9.79. The van der Waals surface area contributed by atoms with Crippen molar-refractivity contribution in [2.24, 2.45) is 0 Å². The largest absolute Gasteiger partial charge is 0.443 e. The van der Waals surface area contributed by atoms with E-state index in [4.69, 9.17) is 9.47 Å². The molecule has 2 atom stereocenters. The number of carbonyl (C=O) groups is 1. The van der Waals surface area contributed by atoms with Crippen LogP contribution in [-0.4, -0.2) is 36.4 Å². The van der Waals surface area contributed by atoms with Crippen LogP contribution in [0.15, 0.2) is 23.3 Å². The first kappa shape index (κ1) is 19.5. The van der Waals surface area contributed by atoms with E-state index in [-0.39, 0.29) is 18.3 Å². The molecule has 0 radical (unpaired) electrons. The lowest BCUT2D eigenvalue weighted by molar-refractivity contribution is 0.00683. The van der Waals surface area contributed by atoms with Crippen molar-refractivity contribution in [2.45, 2.75) is 58.2 Å². The van der Waals surface area contributed by atoms with Gasteiger partial charge in [-0.2, -0.15) is 0 Å². The van der Waals surface area contributed by atoms with Gasteiger partial charge in [0.25, 0.3) is 0 Å². The molecule has 0 aliphatic heterocycles. The van der Waals surface area contributed by atoms with Gasteiger partial charge in [0.2, 0.25) is 0 Å². The van der Waals surface area contributed by atoms with Crippen LogP contribution in [0.5, 0.6) is 0 Å².